The lowest BCUT2D eigenvalue weighted by Gasteiger charge is -2.16. The normalized spacial score (nSPS) is 19.0. The van der Waals surface area contributed by atoms with E-state index in [1.165, 1.54) is 0 Å². The van der Waals surface area contributed by atoms with E-state index < -0.39 is 0 Å². The number of benzene rings is 1. The van der Waals surface area contributed by atoms with Gasteiger partial charge in [0, 0.05) is 24.0 Å². The Morgan fingerprint density at radius 2 is 2.11 bits per heavy atom. The van der Waals surface area contributed by atoms with Crippen LogP contribution in [-0.4, -0.2) is 36.4 Å². The van der Waals surface area contributed by atoms with Crippen LogP contribution in [0.1, 0.15) is 6.42 Å². The topological polar surface area (TPSA) is 29.5 Å². The maximum absolute atomic E-state index is 11.9. The molecule has 1 saturated heterocycles. The molecule has 3 nitrogen and oxygen atoms in total. The van der Waals surface area contributed by atoms with Gasteiger partial charge in [0.15, 0.2) is 6.61 Å². The zero-order valence-corrected chi connectivity index (χ0v) is 11.5. The number of halogens is 2. The van der Waals surface area contributed by atoms with Crippen LogP contribution in [0.25, 0.3) is 0 Å². The summed E-state index contributed by atoms with van der Waals surface area (Å²) < 4.78 is 5.42. The van der Waals surface area contributed by atoms with Crippen molar-refractivity contribution in [2.24, 2.45) is 5.92 Å². The molecule has 98 valence electrons. The zero-order valence-electron chi connectivity index (χ0n) is 9.94. The van der Waals surface area contributed by atoms with Crippen molar-refractivity contribution in [1.82, 2.24) is 4.90 Å². The van der Waals surface area contributed by atoms with Gasteiger partial charge in [-0.3, -0.25) is 4.79 Å². The molecule has 0 radical (unpaired) electrons. The summed E-state index contributed by atoms with van der Waals surface area (Å²) in [7, 11) is 0. The lowest BCUT2D eigenvalue weighted by Crippen LogP contribution is -2.33. The van der Waals surface area contributed by atoms with Crippen molar-refractivity contribution in [2.75, 3.05) is 25.6 Å². The van der Waals surface area contributed by atoms with Crippen LogP contribution in [0.3, 0.4) is 0 Å². The molecule has 1 heterocycles. The van der Waals surface area contributed by atoms with Crippen molar-refractivity contribution in [3.8, 4) is 5.75 Å². The number of hydrogen-bond donors (Lipinski definition) is 0. The van der Waals surface area contributed by atoms with Crippen molar-refractivity contribution in [2.45, 2.75) is 6.42 Å². The van der Waals surface area contributed by atoms with Gasteiger partial charge in [0.25, 0.3) is 5.91 Å². The first-order valence-electron chi connectivity index (χ1n) is 5.91. The van der Waals surface area contributed by atoms with Crippen LogP contribution in [-0.2, 0) is 4.79 Å². The molecule has 2 rings (SSSR count). The number of amides is 1. The Balaban J connectivity index is 1.80. The van der Waals surface area contributed by atoms with Crippen molar-refractivity contribution in [3.63, 3.8) is 0 Å². The lowest BCUT2D eigenvalue weighted by atomic mass is 10.2. The molecule has 1 atom stereocenters. The number of nitrogens with zero attached hydrogens (tertiary/aromatic N) is 1. The van der Waals surface area contributed by atoms with Crippen LogP contribution in [0.2, 0.25) is 5.02 Å². The molecule has 0 spiro atoms. The summed E-state index contributed by atoms with van der Waals surface area (Å²) in [5.41, 5.74) is 0. The number of hydrogen-bond acceptors (Lipinski definition) is 2. The molecule has 1 aromatic carbocycles. The van der Waals surface area contributed by atoms with E-state index in [9.17, 15) is 4.79 Å². The summed E-state index contributed by atoms with van der Waals surface area (Å²) in [4.78, 5) is 13.7. The molecule has 5 heteroatoms. The maximum atomic E-state index is 11.9. The average Bonchev–Trinajstić information content (AvgIpc) is 2.86. The van der Waals surface area contributed by atoms with Crippen LogP contribution < -0.4 is 4.74 Å². The second kappa shape index (κ2) is 6.30. The minimum atomic E-state index is 0.0116. The predicted octanol–water partition coefficient (Wildman–Crippen LogP) is 2.81. The minimum absolute atomic E-state index is 0.0116. The second-order valence-electron chi connectivity index (χ2n) is 4.39. The SMILES string of the molecule is O=C(COc1ccc(Cl)cc1)N1CCC(CCl)C1. The third-order valence-corrected chi connectivity index (χ3v) is 3.72. The maximum Gasteiger partial charge on any atom is 0.260 e. The average molecular weight is 288 g/mol. The highest BCUT2D eigenvalue weighted by Crippen LogP contribution is 2.18. The van der Waals surface area contributed by atoms with Crippen molar-refractivity contribution in [1.29, 1.82) is 0 Å². The summed E-state index contributed by atoms with van der Waals surface area (Å²) >= 11 is 11.6. The van der Waals surface area contributed by atoms with Gasteiger partial charge in [0.05, 0.1) is 0 Å². The molecule has 0 aromatic heterocycles. The summed E-state index contributed by atoms with van der Waals surface area (Å²) in [6.45, 7) is 1.59. The van der Waals surface area contributed by atoms with Crippen LogP contribution in [0, 0.1) is 5.92 Å². The Morgan fingerprint density at radius 1 is 1.39 bits per heavy atom. The number of likely N-dealkylation sites (tertiary alicyclic amines) is 1. The van der Waals surface area contributed by atoms with E-state index in [0.29, 0.717) is 22.6 Å². The summed E-state index contributed by atoms with van der Waals surface area (Å²) in [5, 5.41) is 0.651. The first-order valence-corrected chi connectivity index (χ1v) is 6.82. The number of carbonyl (C=O) groups excluding carboxylic acids is 1. The molecule has 0 saturated carbocycles. The molecule has 1 aliphatic rings. The van der Waals surface area contributed by atoms with Crippen LogP contribution in [0.5, 0.6) is 5.75 Å². The first kappa shape index (κ1) is 13.5. The fourth-order valence-corrected chi connectivity index (χ4v) is 2.33. The summed E-state index contributed by atoms with van der Waals surface area (Å²) in [6.07, 6.45) is 0.982. The molecule has 0 N–H and O–H groups in total. The van der Waals surface area contributed by atoms with Crippen molar-refractivity contribution >= 4 is 29.1 Å². The van der Waals surface area contributed by atoms with E-state index in [1.54, 1.807) is 24.3 Å². The Labute approximate surface area is 117 Å². The van der Waals surface area contributed by atoms with E-state index in [1.807, 2.05) is 4.90 Å². The molecule has 1 aromatic rings. The highest BCUT2D eigenvalue weighted by Gasteiger charge is 2.25. The van der Waals surface area contributed by atoms with Gasteiger partial charge in [0.1, 0.15) is 5.75 Å². The van der Waals surface area contributed by atoms with Gasteiger partial charge >= 0.3 is 0 Å². The van der Waals surface area contributed by atoms with Gasteiger partial charge in [-0.2, -0.15) is 0 Å². The highest BCUT2D eigenvalue weighted by molar-refractivity contribution is 6.30. The van der Waals surface area contributed by atoms with Gasteiger partial charge in [-0.1, -0.05) is 11.6 Å². The Hall–Kier alpha value is -0.930. The largest absolute Gasteiger partial charge is 0.484 e. The van der Waals surface area contributed by atoms with Crippen LogP contribution in [0.15, 0.2) is 24.3 Å². The standard InChI is InChI=1S/C13H15Cl2NO2/c14-7-10-5-6-16(8-10)13(17)9-18-12-3-1-11(15)2-4-12/h1-4,10H,5-9H2. The van der Waals surface area contributed by atoms with E-state index in [2.05, 4.69) is 0 Å². The Morgan fingerprint density at radius 3 is 2.72 bits per heavy atom. The van der Waals surface area contributed by atoms with Gasteiger partial charge in [0.2, 0.25) is 0 Å². The zero-order chi connectivity index (χ0) is 13.0. The van der Waals surface area contributed by atoms with Gasteiger partial charge in [-0.05, 0) is 36.6 Å². The number of alkyl halides is 1. The van der Waals surface area contributed by atoms with Gasteiger partial charge in [-0.25, -0.2) is 0 Å². The Kier molecular flexibility index (Phi) is 4.72. The fraction of sp³-hybridized carbons (Fsp3) is 0.462. The van der Waals surface area contributed by atoms with Crippen molar-refractivity contribution in [3.05, 3.63) is 29.3 Å². The second-order valence-corrected chi connectivity index (χ2v) is 5.14. The quantitative estimate of drug-likeness (QED) is 0.797. The lowest BCUT2D eigenvalue weighted by molar-refractivity contribution is -0.132. The van der Waals surface area contributed by atoms with E-state index in [4.69, 9.17) is 27.9 Å². The molecular weight excluding hydrogens is 273 g/mol. The van der Waals surface area contributed by atoms with Gasteiger partial charge in [-0.15, -0.1) is 11.6 Å². The molecule has 0 aliphatic carbocycles. The minimum Gasteiger partial charge on any atom is -0.484 e. The van der Waals surface area contributed by atoms with E-state index in [0.717, 1.165) is 19.5 Å². The summed E-state index contributed by atoms with van der Waals surface area (Å²) in [6, 6.07) is 6.98. The summed E-state index contributed by atoms with van der Waals surface area (Å²) in [5.74, 6) is 1.70. The first-order chi connectivity index (χ1) is 8.69. The smallest absolute Gasteiger partial charge is 0.260 e. The van der Waals surface area contributed by atoms with E-state index in [-0.39, 0.29) is 12.5 Å². The van der Waals surface area contributed by atoms with Crippen molar-refractivity contribution < 1.29 is 9.53 Å². The molecule has 1 aliphatic heterocycles. The van der Waals surface area contributed by atoms with E-state index >= 15 is 0 Å². The number of carbonyl (C=O) groups is 1. The molecule has 1 unspecified atom stereocenters. The molecule has 0 bridgehead atoms. The fourth-order valence-electron chi connectivity index (χ4n) is 1.95. The van der Waals surface area contributed by atoms with Gasteiger partial charge < -0.3 is 9.64 Å². The molecule has 1 fully saturated rings. The van der Waals surface area contributed by atoms with Crippen LogP contribution >= 0.6 is 23.2 Å². The monoisotopic (exact) mass is 287 g/mol. The Bertz CT molecular complexity index is 408. The number of rotatable bonds is 4. The highest BCUT2D eigenvalue weighted by atomic mass is 35.5. The number of ether oxygens (including phenoxy) is 1. The third-order valence-electron chi connectivity index (χ3n) is 3.03. The molecular formula is C13H15Cl2NO2. The predicted molar refractivity (Wildman–Crippen MR) is 72.4 cm³/mol. The molecule has 18 heavy (non-hydrogen) atoms. The van der Waals surface area contributed by atoms with Crippen LogP contribution in [0.4, 0.5) is 0 Å². The third kappa shape index (κ3) is 3.53. The molecule has 1 amide bonds.